The average molecular weight is 499 g/mol. The minimum absolute atomic E-state index is 0.0445. The molecule has 0 atom stereocenters. The van der Waals surface area contributed by atoms with Gasteiger partial charge in [-0.25, -0.2) is 9.97 Å². The maximum Gasteiger partial charge on any atom is 0.418 e. The number of rotatable bonds is 9. The van der Waals surface area contributed by atoms with Crippen molar-refractivity contribution in [3.8, 4) is 6.01 Å². The zero-order valence-corrected chi connectivity index (χ0v) is 19.6. The van der Waals surface area contributed by atoms with E-state index in [0.717, 1.165) is 6.07 Å². The summed E-state index contributed by atoms with van der Waals surface area (Å²) in [5.74, 6) is -0.475. The number of hydrogen-bond acceptors (Lipinski definition) is 7. The number of hydrogen-bond donors (Lipinski definition) is 2. The first-order valence-electron chi connectivity index (χ1n) is 11.2. The zero-order chi connectivity index (χ0) is 25.9. The maximum absolute atomic E-state index is 13.4. The Morgan fingerprint density at radius 1 is 1.06 bits per heavy atom. The molecule has 1 saturated carbocycles. The van der Waals surface area contributed by atoms with Crippen LogP contribution in [0.1, 0.15) is 46.4 Å². The second kappa shape index (κ2) is 9.92. The number of nitrogens with zero attached hydrogens (tertiary/aromatic N) is 3. The molecule has 0 radical (unpaired) electrons. The van der Waals surface area contributed by atoms with E-state index in [1.165, 1.54) is 31.8 Å². The Morgan fingerprint density at radius 2 is 1.78 bits per heavy atom. The van der Waals surface area contributed by atoms with Gasteiger partial charge in [0.15, 0.2) is 5.78 Å². The first-order valence-corrected chi connectivity index (χ1v) is 11.2. The Bertz CT molecular complexity index is 1260. The normalized spacial score (nSPS) is 14.1. The summed E-state index contributed by atoms with van der Waals surface area (Å²) in [5.41, 5.74) is 0.122. The molecule has 3 aromatic rings. The number of carbonyl (C=O) groups excluding carboxylic acids is 2. The van der Waals surface area contributed by atoms with Gasteiger partial charge in [0.25, 0.3) is 0 Å². The molecule has 36 heavy (non-hydrogen) atoms. The van der Waals surface area contributed by atoms with Gasteiger partial charge in [-0.2, -0.15) is 13.2 Å². The van der Waals surface area contributed by atoms with Crippen molar-refractivity contribution < 1.29 is 27.5 Å². The van der Waals surface area contributed by atoms with Crippen LogP contribution < -0.4 is 15.4 Å². The molecule has 1 amide bonds. The summed E-state index contributed by atoms with van der Waals surface area (Å²) in [5, 5.41) is 5.56. The molecule has 0 saturated heterocycles. The molecular formula is C25H24F3N5O3. The van der Waals surface area contributed by atoms with E-state index >= 15 is 0 Å². The van der Waals surface area contributed by atoms with Gasteiger partial charge < -0.3 is 15.4 Å². The Labute approximate surface area is 205 Å². The van der Waals surface area contributed by atoms with Crippen LogP contribution in [-0.2, 0) is 17.5 Å². The van der Waals surface area contributed by atoms with Gasteiger partial charge in [0.05, 0.1) is 53.5 Å². The SMILES string of the molecule is COc1ncc(C(=O)CC2(C(=O)NCc3ccc(Nc4ccc(C)cc4C(F)(F)F)cn3)CC2)cn1. The Morgan fingerprint density at radius 3 is 2.36 bits per heavy atom. The third-order valence-corrected chi connectivity index (χ3v) is 5.98. The number of carbonyl (C=O) groups is 2. The minimum Gasteiger partial charge on any atom is -0.467 e. The Kier molecular flexibility index (Phi) is 6.91. The number of amides is 1. The van der Waals surface area contributed by atoms with Crippen molar-refractivity contribution >= 4 is 23.1 Å². The molecule has 0 spiro atoms. The highest BCUT2D eigenvalue weighted by atomic mass is 19.4. The molecule has 2 N–H and O–H groups in total. The first kappa shape index (κ1) is 25.1. The number of ketones is 1. The van der Waals surface area contributed by atoms with Crippen molar-refractivity contribution in [2.45, 2.75) is 38.9 Å². The second-order valence-corrected chi connectivity index (χ2v) is 8.73. The summed E-state index contributed by atoms with van der Waals surface area (Å²) in [7, 11) is 1.42. The first-order chi connectivity index (χ1) is 17.1. The van der Waals surface area contributed by atoms with Crippen LogP contribution in [0.5, 0.6) is 6.01 Å². The zero-order valence-electron chi connectivity index (χ0n) is 19.6. The molecule has 2 aromatic heterocycles. The fourth-order valence-electron chi connectivity index (χ4n) is 3.73. The summed E-state index contributed by atoms with van der Waals surface area (Å²) in [6.07, 6.45) is 0.884. The molecule has 11 heteroatoms. The smallest absolute Gasteiger partial charge is 0.418 e. The van der Waals surface area contributed by atoms with Crippen LogP contribution in [-0.4, -0.2) is 33.8 Å². The topological polar surface area (TPSA) is 106 Å². The van der Waals surface area contributed by atoms with Gasteiger partial charge in [0, 0.05) is 18.8 Å². The number of aryl methyl sites for hydroxylation is 1. The Balaban J connectivity index is 1.34. The van der Waals surface area contributed by atoms with Crippen LogP contribution in [0.3, 0.4) is 0 Å². The van der Waals surface area contributed by atoms with Gasteiger partial charge in [-0.05, 0) is 44.0 Å². The van der Waals surface area contributed by atoms with Crippen molar-refractivity contribution in [3.05, 3.63) is 71.3 Å². The van der Waals surface area contributed by atoms with E-state index in [2.05, 4.69) is 25.6 Å². The van der Waals surface area contributed by atoms with Gasteiger partial charge in [-0.15, -0.1) is 0 Å². The highest BCUT2D eigenvalue weighted by molar-refractivity contribution is 6.00. The van der Waals surface area contributed by atoms with Crippen LogP contribution in [0.2, 0.25) is 0 Å². The molecule has 188 valence electrons. The van der Waals surface area contributed by atoms with E-state index in [-0.39, 0.29) is 36.4 Å². The lowest BCUT2D eigenvalue weighted by atomic mass is 9.96. The third-order valence-electron chi connectivity index (χ3n) is 5.98. The maximum atomic E-state index is 13.4. The summed E-state index contributed by atoms with van der Waals surface area (Å²) in [4.78, 5) is 37.4. The van der Waals surface area contributed by atoms with Crippen molar-refractivity contribution in [2.75, 3.05) is 12.4 Å². The molecule has 4 rings (SSSR count). The third kappa shape index (κ3) is 5.78. The van der Waals surface area contributed by atoms with Crippen LogP contribution in [0.4, 0.5) is 24.5 Å². The molecule has 2 heterocycles. The molecule has 8 nitrogen and oxygen atoms in total. The number of nitrogens with one attached hydrogen (secondary N) is 2. The number of Topliss-reactive ketones (excluding diaryl/α,β-unsaturated/α-hetero) is 1. The molecule has 1 aliphatic rings. The van der Waals surface area contributed by atoms with E-state index < -0.39 is 17.2 Å². The largest absolute Gasteiger partial charge is 0.467 e. The summed E-state index contributed by atoms with van der Waals surface area (Å²) in [6.45, 7) is 1.72. The number of pyridine rings is 1. The molecule has 0 aliphatic heterocycles. The predicted octanol–water partition coefficient (Wildman–Crippen LogP) is 4.62. The highest BCUT2D eigenvalue weighted by Gasteiger charge is 2.51. The van der Waals surface area contributed by atoms with Crippen LogP contribution in [0.25, 0.3) is 0 Å². The van der Waals surface area contributed by atoms with Gasteiger partial charge in [-0.1, -0.05) is 11.6 Å². The number of alkyl halides is 3. The van der Waals surface area contributed by atoms with Gasteiger partial charge in [-0.3, -0.25) is 14.6 Å². The summed E-state index contributed by atoms with van der Waals surface area (Å²) < 4.78 is 44.9. The van der Waals surface area contributed by atoms with Crippen molar-refractivity contribution in [1.82, 2.24) is 20.3 Å². The van der Waals surface area contributed by atoms with E-state index in [9.17, 15) is 22.8 Å². The summed E-state index contributed by atoms with van der Waals surface area (Å²) in [6, 6.07) is 7.41. The molecule has 0 bridgehead atoms. The van der Waals surface area contributed by atoms with Gasteiger partial charge >= 0.3 is 12.2 Å². The van der Waals surface area contributed by atoms with E-state index in [0.29, 0.717) is 35.3 Å². The molecular weight excluding hydrogens is 475 g/mol. The lowest BCUT2D eigenvalue weighted by Crippen LogP contribution is -2.33. The monoisotopic (exact) mass is 499 g/mol. The highest BCUT2D eigenvalue weighted by Crippen LogP contribution is 2.49. The number of halogens is 3. The van der Waals surface area contributed by atoms with Crippen LogP contribution in [0, 0.1) is 12.3 Å². The number of benzene rings is 1. The van der Waals surface area contributed by atoms with E-state index in [1.54, 1.807) is 25.1 Å². The van der Waals surface area contributed by atoms with Crippen LogP contribution in [0.15, 0.2) is 48.9 Å². The fourth-order valence-corrected chi connectivity index (χ4v) is 3.73. The lowest BCUT2D eigenvalue weighted by molar-refractivity contribution is -0.137. The van der Waals surface area contributed by atoms with Crippen molar-refractivity contribution in [2.24, 2.45) is 5.41 Å². The average Bonchev–Trinajstić information content (AvgIpc) is 3.64. The van der Waals surface area contributed by atoms with E-state index in [4.69, 9.17) is 4.74 Å². The lowest BCUT2D eigenvalue weighted by Gasteiger charge is -2.16. The predicted molar refractivity (Wildman–Crippen MR) is 125 cm³/mol. The number of aromatic nitrogens is 3. The Hall–Kier alpha value is -4.02. The van der Waals surface area contributed by atoms with Gasteiger partial charge in [0.2, 0.25) is 5.91 Å². The minimum atomic E-state index is -4.49. The number of ether oxygens (including phenoxy) is 1. The second-order valence-electron chi connectivity index (χ2n) is 8.73. The molecule has 0 unspecified atom stereocenters. The molecule has 1 aliphatic carbocycles. The van der Waals surface area contributed by atoms with Crippen molar-refractivity contribution in [1.29, 1.82) is 0 Å². The molecule has 1 aromatic carbocycles. The van der Waals surface area contributed by atoms with Crippen molar-refractivity contribution in [3.63, 3.8) is 0 Å². The van der Waals surface area contributed by atoms with Gasteiger partial charge in [0.1, 0.15) is 0 Å². The quantitative estimate of drug-likeness (QED) is 0.414. The number of anilines is 2. The van der Waals surface area contributed by atoms with E-state index in [1.807, 2.05) is 0 Å². The standard InChI is InChI=1S/C25H24F3N5O3/c1-15-3-6-20(19(9-15)25(26,27)28)33-18-5-4-17(29-14-18)13-30-22(35)24(7-8-24)10-21(34)16-11-31-23(36-2)32-12-16/h3-6,9,11-12,14,33H,7-8,10,13H2,1-2H3,(H,30,35). The number of methoxy groups -OCH3 is 1. The fraction of sp³-hybridized carbons (Fsp3) is 0.320. The molecule has 1 fully saturated rings. The summed E-state index contributed by atoms with van der Waals surface area (Å²) >= 11 is 0. The van der Waals surface area contributed by atoms with Crippen LogP contribution >= 0.6 is 0 Å².